The van der Waals surface area contributed by atoms with E-state index in [0.29, 0.717) is 13.1 Å². The molecule has 6 heteroatoms. The summed E-state index contributed by atoms with van der Waals surface area (Å²) in [6.45, 7) is 2.97. The Morgan fingerprint density at radius 1 is 1.25 bits per heavy atom. The van der Waals surface area contributed by atoms with Gasteiger partial charge in [0.15, 0.2) is 0 Å². The van der Waals surface area contributed by atoms with Crippen LogP contribution in [-0.2, 0) is 6.54 Å². The minimum absolute atomic E-state index is 0.0369. The average molecular weight is 328 g/mol. The van der Waals surface area contributed by atoms with E-state index in [-0.39, 0.29) is 6.03 Å². The van der Waals surface area contributed by atoms with Crippen LogP contribution in [0.5, 0.6) is 5.75 Å². The molecule has 0 atom stereocenters. The molecule has 24 heavy (non-hydrogen) atoms. The van der Waals surface area contributed by atoms with Crippen molar-refractivity contribution in [3.63, 3.8) is 0 Å². The van der Waals surface area contributed by atoms with Gasteiger partial charge in [0.05, 0.1) is 19.3 Å². The molecule has 0 saturated carbocycles. The van der Waals surface area contributed by atoms with Crippen molar-refractivity contribution in [2.24, 2.45) is 0 Å². The van der Waals surface area contributed by atoms with Crippen molar-refractivity contribution in [3.05, 3.63) is 36.5 Å². The van der Waals surface area contributed by atoms with Crippen molar-refractivity contribution in [2.45, 2.75) is 25.8 Å². The summed E-state index contributed by atoms with van der Waals surface area (Å²) in [5, 5.41) is 7.54. The lowest BCUT2D eigenvalue weighted by atomic mass is 10.1. The van der Waals surface area contributed by atoms with Crippen molar-refractivity contribution in [3.8, 4) is 17.0 Å². The van der Waals surface area contributed by atoms with E-state index in [9.17, 15) is 4.79 Å². The number of hydrogen-bond acceptors (Lipinski definition) is 3. The summed E-state index contributed by atoms with van der Waals surface area (Å²) in [5.41, 5.74) is 1.92. The number of nitrogens with zero attached hydrogens (tertiary/aromatic N) is 3. The van der Waals surface area contributed by atoms with Crippen LogP contribution in [0, 0.1) is 0 Å². The Labute approximate surface area is 142 Å². The van der Waals surface area contributed by atoms with Gasteiger partial charge in [0.25, 0.3) is 0 Å². The van der Waals surface area contributed by atoms with Crippen molar-refractivity contribution in [2.75, 3.05) is 26.7 Å². The first-order valence-corrected chi connectivity index (χ1v) is 8.47. The Bertz CT molecular complexity index is 677. The van der Waals surface area contributed by atoms with E-state index in [1.54, 1.807) is 7.11 Å². The summed E-state index contributed by atoms with van der Waals surface area (Å²) >= 11 is 0. The highest BCUT2D eigenvalue weighted by Gasteiger charge is 2.15. The van der Waals surface area contributed by atoms with E-state index < -0.39 is 0 Å². The van der Waals surface area contributed by atoms with Gasteiger partial charge in [-0.1, -0.05) is 12.1 Å². The highest BCUT2D eigenvalue weighted by molar-refractivity contribution is 5.74. The normalized spacial score (nSPS) is 14.5. The highest BCUT2D eigenvalue weighted by atomic mass is 16.5. The van der Waals surface area contributed by atoms with E-state index in [1.807, 2.05) is 46.1 Å². The molecular formula is C18H24N4O2. The van der Waals surface area contributed by atoms with Gasteiger partial charge in [0.1, 0.15) is 5.75 Å². The maximum atomic E-state index is 12.1. The molecule has 0 radical (unpaired) electrons. The zero-order valence-electron chi connectivity index (χ0n) is 14.1. The number of carbonyl (C=O) groups excluding carboxylic acids is 1. The lowest BCUT2D eigenvalue weighted by Crippen LogP contribution is -2.43. The molecule has 2 amide bonds. The number of nitrogens with one attached hydrogen (secondary N) is 1. The largest absolute Gasteiger partial charge is 0.497 e. The van der Waals surface area contributed by atoms with Crippen LogP contribution >= 0.6 is 0 Å². The molecule has 0 aliphatic carbocycles. The fourth-order valence-electron chi connectivity index (χ4n) is 2.91. The maximum Gasteiger partial charge on any atom is 0.317 e. The number of piperidine rings is 1. The average Bonchev–Trinajstić information content (AvgIpc) is 3.11. The molecule has 0 bridgehead atoms. The van der Waals surface area contributed by atoms with E-state index in [1.165, 1.54) is 6.42 Å². The minimum Gasteiger partial charge on any atom is -0.497 e. The molecule has 2 aromatic rings. The number of aromatic nitrogens is 2. The Hall–Kier alpha value is -2.50. The third-order valence-electron chi connectivity index (χ3n) is 4.27. The number of urea groups is 1. The summed E-state index contributed by atoms with van der Waals surface area (Å²) in [6, 6.07) is 9.84. The van der Waals surface area contributed by atoms with Gasteiger partial charge >= 0.3 is 6.03 Å². The number of likely N-dealkylation sites (tertiary alicyclic amines) is 1. The second-order valence-electron chi connectivity index (χ2n) is 5.98. The third kappa shape index (κ3) is 4.07. The van der Waals surface area contributed by atoms with Crippen LogP contribution < -0.4 is 10.1 Å². The van der Waals surface area contributed by atoms with Crippen LogP contribution in [0.4, 0.5) is 4.79 Å². The Morgan fingerprint density at radius 2 is 2.08 bits per heavy atom. The van der Waals surface area contributed by atoms with Gasteiger partial charge in [-0.15, -0.1) is 0 Å². The van der Waals surface area contributed by atoms with Gasteiger partial charge in [-0.3, -0.25) is 4.68 Å². The first-order chi connectivity index (χ1) is 11.8. The van der Waals surface area contributed by atoms with Gasteiger partial charge in [-0.05, 0) is 37.5 Å². The van der Waals surface area contributed by atoms with Crippen LogP contribution in [0.15, 0.2) is 36.5 Å². The molecule has 0 spiro atoms. The Kier molecular flexibility index (Phi) is 5.36. The zero-order chi connectivity index (χ0) is 16.8. The van der Waals surface area contributed by atoms with Crippen molar-refractivity contribution in [1.29, 1.82) is 0 Å². The monoisotopic (exact) mass is 328 g/mol. The van der Waals surface area contributed by atoms with E-state index in [4.69, 9.17) is 4.74 Å². The van der Waals surface area contributed by atoms with Gasteiger partial charge < -0.3 is 15.0 Å². The molecule has 1 fully saturated rings. The summed E-state index contributed by atoms with van der Waals surface area (Å²) in [7, 11) is 1.66. The summed E-state index contributed by atoms with van der Waals surface area (Å²) in [4.78, 5) is 14.0. The standard InChI is InChI=1S/C18H24N4O2/c1-24-16-7-5-6-15(14-16)17-8-12-22(20-17)13-9-19-18(23)21-10-3-2-4-11-21/h5-8,12,14H,2-4,9-11,13H2,1H3,(H,19,23). The lowest BCUT2D eigenvalue weighted by Gasteiger charge is -2.26. The molecule has 1 aromatic carbocycles. The SMILES string of the molecule is COc1cccc(-c2ccn(CCNC(=O)N3CCCCC3)n2)c1. The molecular weight excluding hydrogens is 304 g/mol. The number of methoxy groups -OCH3 is 1. The minimum atomic E-state index is 0.0369. The van der Waals surface area contributed by atoms with E-state index in [2.05, 4.69) is 10.4 Å². The number of hydrogen-bond donors (Lipinski definition) is 1. The molecule has 0 unspecified atom stereocenters. The molecule has 1 N–H and O–H groups in total. The number of benzene rings is 1. The van der Waals surface area contributed by atoms with Crippen LogP contribution in [0.3, 0.4) is 0 Å². The van der Waals surface area contributed by atoms with Gasteiger partial charge in [0.2, 0.25) is 0 Å². The molecule has 6 nitrogen and oxygen atoms in total. The molecule has 2 heterocycles. The van der Waals surface area contributed by atoms with Crippen LogP contribution in [-0.4, -0.2) is 47.5 Å². The number of amides is 2. The molecule has 1 saturated heterocycles. The molecule has 1 aliphatic heterocycles. The summed E-state index contributed by atoms with van der Waals surface area (Å²) in [5.74, 6) is 0.816. The van der Waals surface area contributed by atoms with Gasteiger partial charge in [0, 0.05) is 31.4 Å². The maximum absolute atomic E-state index is 12.1. The van der Waals surface area contributed by atoms with Crippen LogP contribution in [0.25, 0.3) is 11.3 Å². The molecule has 1 aliphatic rings. The topological polar surface area (TPSA) is 59.4 Å². The lowest BCUT2D eigenvalue weighted by molar-refractivity contribution is 0.186. The molecule has 1 aromatic heterocycles. The third-order valence-corrected chi connectivity index (χ3v) is 4.27. The van der Waals surface area contributed by atoms with Crippen molar-refractivity contribution >= 4 is 6.03 Å². The first kappa shape index (κ1) is 16.4. The zero-order valence-corrected chi connectivity index (χ0v) is 14.1. The highest BCUT2D eigenvalue weighted by Crippen LogP contribution is 2.21. The predicted octanol–water partition coefficient (Wildman–Crippen LogP) is 2.75. The fraction of sp³-hybridized carbons (Fsp3) is 0.444. The summed E-state index contributed by atoms with van der Waals surface area (Å²) < 4.78 is 7.10. The number of carbonyl (C=O) groups is 1. The van der Waals surface area contributed by atoms with Crippen LogP contribution in [0.2, 0.25) is 0 Å². The van der Waals surface area contributed by atoms with Crippen molar-refractivity contribution < 1.29 is 9.53 Å². The Morgan fingerprint density at radius 3 is 2.88 bits per heavy atom. The summed E-state index contributed by atoms with van der Waals surface area (Å²) in [6.07, 6.45) is 5.37. The van der Waals surface area contributed by atoms with E-state index in [0.717, 1.165) is 42.9 Å². The smallest absolute Gasteiger partial charge is 0.317 e. The van der Waals surface area contributed by atoms with Crippen LogP contribution in [0.1, 0.15) is 19.3 Å². The predicted molar refractivity (Wildman–Crippen MR) is 93.0 cm³/mol. The second kappa shape index (κ2) is 7.86. The first-order valence-electron chi connectivity index (χ1n) is 8.47. The quantitative estimate of drug-likeness (QED) is 0.918. The number of rotatable bonds is 5. The molecule has 3 rings (SSSR count). The second-order valence-corrected chi connectivity index (χ2v) is 5.98. The van der Waals surface area contributed by atoms with Gasteiger partial charge in [-0.2, -0.15) is 5.10 Å². The molecule has 128 valence electrons. The number of ether oxygens (including phenoxy) is 1. The van der Waals surface area contributed by atoms with Gasteiger partial charge in [-0.25, -0.2) is 4.79 Å². The van der Waals surface area contributed by atoms with Crippen molar-refractivity contribution in [1.82, 2.24) is 20.0 Å². The Balaban J connectivity index is 1.51. The van der Waals surface area contributed by atoms with E-state index >= 15 is 0 Å². The fourth-order valence-corrected chi connectivity index (χ4v) is 2.91.